The fourth-order valence-corrected chi connectivity index (χ4v) is 2.67. The van der Waals surface area contributed by atoms with Crippen LogP contribution in [0.25, 0.3) is 0 Å². The number of hydrogen-bond acceptors (Lipinski definition) is 2. The first kappa shape index (κ1) is 8.41. The summed E-state index contributed by atoms with van der Waals surface area (Å²) in [6.45, 7) is 2.13. The molecular weight excluding hydrogens is 142 g/mol. The lowest BCUT2D eigenvalue weighted by Gasteiger charge is -2.16. The van der Waals surface area contributed by atoms with Gasteiger partial charge in [0.05, 0.1) is 0 Å². The van der Waals surface area contributed by atoms with Crippen LogP contribution in [-0.4, -0.2) is 17.0 Å². The Hall–Kier alpha value is 0.310. The van der Waals surface area contributed by atoms with Gasteiger partial charge >= 0.3 is 0 Å². The summed E-state index contributed by atoms with van der Waals surface area (Å²) in [4.78, 5) is 0. The monoisotopic (exact) mass is 159 g/mol. The summed E-state index contributed by atoms with van der Waals surface area (Å²) in [6, 6.07) is 0.392. The molecule has 1 rings (SSSR count). The number of hydrogen-bond donors (Lipinski definition) is 1. The smallest absolute Gasteiger partial charge is 0.0196 e. The first-order valence-electron chi connectivity index (χ1n) is 4.18. The van der Waals surface area contributed by atoms with Crippen LogP contribution >= 0.6 is 11.8 Å². The Morgan fingerprint density at radius 3 is 2.90 bits per heavy atom. The van der Waals surface area contributed by atoms with E-state index < -0.39 is 0 Å². The Labute approximate surface area is 67.8 Å². The Morgan fingerprint density at radius 2 is 2.20 bits per heavy atom. The van der Waals surface area contributed by atoms with Gasteiger partial charge in [-0.2, -0.15) is 11.8 Å². The summed E-state index contributed by atoms with van der Waals surface area (Å²) < 4.78 is 0. The molecule has 0 aromatic heterocycles. The molecule has 1 fully saturated rings. The van der Waals surface area contributed by atoms with E-state index in [9.17, 15) is 0 Å². The topological polar surface area (TPSA) is 26.0 Å². The first-order valence-corrected chi connectivity index (χ1v) is 5.23. The Bertz CT molecular complexity index is 85.3. The molecule has 1 aliphatic rings. The van der Waals surface area contributed by atoms with Crippen molar-refractivity contribution in [3.63, 3.8) is 0 Å². The van der Waals surface area contributed by atoms with E-state index in [1.165, 1.54) is 31.4 Å². The molecule has 0 amide bonds. The van der Waals surface area contributed by atoms with Crippen molar-refractivity contribution in [1.82, 2.24) is 0 Å². The summed E-state index contributed by atoms with van der Waals surface area (Å²) in [5, 5.41) is 0.738. The SMILES string of the molecule is CC(N)C1CCCCCS1. The third-order valence-electron chi connectivity index (χ3n) is 2.05. The van der Waals surface area contributed by atoms with E-state index in [0.717, 1.165) is 5.25 Å². The molecule has 0 bridgehead atoms. The van der Waals surface area contributed by atoms with Crippen molar-refractivity contribution in [2.24, 2.45) is 5.73 Å². The molecule has 2 unspecified atom stereocenters. The van der Waals surface area contributed by atoms with Crippen LogP contribution in [0.5, 0.6) is 0 Å². The zero-order valence-electron chi connectivity index (χ0n) is 6.68. The molecule has 0 aromatic carbocycles. The predicted molar refractivity (Wildman–Crippen MR) is 48.4 cm³/mol. The van der Waals surface area contributed by atoms with Gasteiger partial charge in [0.2, 0.25) is 0 Å². The van der Waals surface area contributed by atoms with E-state index in [1.807, 2.05) is 0 Å². The van der Waals surface area contributed by atoms with Crippen LogP contribution in [0.1, 0.15) is 32.6 Å². The van der Waals surface area contributed by atoms with E-state index in [-0.39, 0.29) is 0 Å². The molecule has 1 heterocycles. The van der Waals surface area contributed by atoms with Crippen molar-refractivity contribution in [3.05, 3.63) is 0 Å². The van der Waals surface area contributed by atoms with Crippen LogP contribution < -0.4 is 5.73 Å². The Morgan fingerprint density at radius 1 is 1.40 bits per heavy atom. The molecule has 1 aliphatic heterocycles. The van der Waals surface area contributed by atoms with E-state index in [4.69, 9.17) is 5.73 Å². The second kappa shape index (κ2) is 4.24. The van der Waals surface area contributed by atoms with E-state index >= 15 is 0 Å². The van der Waals surface area contributed by atoms with Gasteiger partial charge in [-0.05, 0) is 25.5 Å². The molecule has 0 aliphatic carbocycles. The number of nitrogens with two attached hydrogens (primary N) is 1. The molecule has 60 valence electrons. The van der Waals surface area contributed by atoms with Gasteiger partial charge < -0.3 is 5.73 Å². The van der Waals surface area contributed by atoms with Gasteiger partial charge in [0, 0.05) is 11.3 Å². The highest BCUT2D eigenvalue weighted by molar-refractivity contribution is 7.99. The summed E-state index contributed by atoms with van der Waals surface area (Å²) in [7, 11) is 0. The molecule has 0 spiro atoms. The molecule has 2 heteroatoms. The van der Waals surface area contributed by atoms with Gasteiger partial charge in [-0.15, -0.1) is 0 Å². The van der Waals surface area contributed by atoms with Gasteiger partial charge in [0.25, 0.3) is 0 Å². The number of rotatable bonds is 1. The summed E-state index contributed by atoms with van der Waals surface area (Å²) >= 11 is 2.07. The minimum absolute atomic E-state index is 0.392. The Kier molecular flexibility index (Phi) is 3.57. The lowest BCUT2D eigenvalue weighted by Crippen LogP contribution is -2.28. The second-order valence-corrected chi connectivity index (χ2v) is 4.46. The molecule has 10 heavy (non-hydrogen) atoms. The zero-order chi connectivity index (χ0) is 7.40. The standard InChI is InChI=1S/C8H17NS/c1-7(9)8-5-3-2-4-6-10-8/h7-8H,2-6,9H2,1H3. The number of thioether (sulfide) groups is 1. The summed E-state index contributed by atoms with van der Waals surface area (Å²) in [5.74, 6) is 1.33. The van der Waals surface area contributed by atoms with Crippen LogP contribution in [0.2, 0.25) is 0 Å². The lowest BCUT2D eigenvalue weighted by molar-refractivity contribution is 0.604. The fourth-order valence-electron chi connectivity index (χ4n) is 1.36. The van der Waals surface area contributed by atoms with E-state index in [0.29, 0.717) is 6.04 Å². The van der Waals surface area contributed by atoms with Gasteiger partial charge in [0.1, 0.15) is 0 Å². The minimum atomic E-state index is 0.392. The van der Waals surface area contributed by atoms with E-state index in [1.54, 1.807) is 0 Å². The second-order valence-electron chi connectivity index (χ2n) is 3.12. The van der Waals surface area contributed by atoms with Crippen molar-refractivity contribution in [2.75, 3.05) is 5.75 Å². The van der Waals surface area contributed by atoms with Gasteiger partial charge in [-0.1, -0.05) is 12.8 Å². The maximum absolute atomic E-state index is 5.82. The Balaban J connectivity index is 2.28. The van der Waals surface area contributed by atoms with Crippen LogP contribution in [-0.2, 0) is 0 Å². The molecule has 1 nitrogen and oxygen atoms in total. The van der Waals surface area contributed by atoms with Crippen LogP contribution in [0, 0.1) is 0 Å². The van der Waals surface area contributed by atoms with Crippen molar-refractivity contribution in [3.8, 4) is 0 Å². The third kappa shape index (κ3) is 2.51. The van der Waals surface area contributed by atoms with Crippen molar-refractivity contribution >= 4 is 11.8 Å². The predicted octanol–water partition coefficient (Wildman–Crippen LogP) is 2.01. The maximum atomic E-state index is 5.82. The third-order valence-corrected chi connectivity index (χ3v) is 3.67. The lowest BCUT2D eigenvalue weighted by atomic mass is 10.1. The van der Waals surface area contributed by atoms with Crippen LogP contribution in [0.15, 0.2) is 0 Å². The molecule has 0 aromatic rings. The average molecular weight is 159 g/mol. The van der Waals surface area contributed by atoms with E-state index in [2.05, 4.69) is 18.7 Å². The molecule has 2 N–H and O–H groups in total. The van der Waals surface area contributed by atoms with Gasteiger partial charge in [-0.25, -0.2) is 0 Å². The summed E-state index contributed by atoms with van der Waals surface area (Å²) in [6.07, 6.45) is 5.53. The van der Waals surface area contributed by atoms with Gasteiger partial charge in [0.15, 0.2) is 0 Å². The largest absolute Gasteiger partial charge is 0.327 e. The quantitative estimate of drug-likeness (QED) is 0.633. The molecule has 1 saturated heterocycles. The maximum Gasteiger partial charge on any atom is 0.0196 e. The highest BCUT2D eigenvalue weighted by atomic mass is 32.2. The first-order chi connectivity index (χ1) is 4.80. The molecule has 0 radical (unpaired) electrons. The van der Waals surface area contributed by atoms with Crippen molar-refractivity contribution < 1.29 is 0 Å². The molecular formula is C8H17NS. The summed E-state index contributed by atoms with van der Waals surface area (Å²) in [5.41, 5.74) is 5.82. The van der Waals surface area contributed by atoms with Crippen LogP contribution in [0.4, 0.5) is 0 Å². The molecule has 2 atom stereocenters. The molecule has 0 saturated carbocycles. The highest BCUT2D eigenvalue weighted by Gasteiger charge is 2.15. The normalized spacial score (nSPS) is 31.2. The minimum Gasteiger partial charge on any atom is -0.327 e. The average Bonchev–Trinajstić information content (AvgIpc) is 2.12. The van der Waals surface area contributed by atoms with Crippen molar-refractivity contribution in [1.29, 1.82) is 0 Å². The fraction of sp³-hybridized carbons (Fsp3) is 1.00. The van der Waals surface area contributed by atoms with Crippen LogP contribution in [0.3, 0.4) is 0 Å². The van der Waals surface area contributed by atoms with Crippen molar-refractivity contribution in [2.45, 2.75) is 43.9 Å². The van der Waals surface area contributed by atoms with Gasteiger partial charge in [-0.3, -0.25) is 0 Å². The highest BCUT2D eigenvalue weighted by Crippen LogP contribution is 2.25. The zero-order valence-corrected chi connectivity index (χ0v) is 7.49.